The van der Waals surface area contributed by atoms with E-state index in [1.807, 2.05) is 12.1 Å². The first-order valence-electron chi connectivity index (χ1n) is 5.30. The first-order valence-corrected chi connectivity index (χ1v) is 5.71. The summed E-state index contributed by atoms with van der Waals surface area (Å²) < 4.78 is 5.12. The highest BCUT2D eigenvalue weighted by atomic mass is 32.1. The topological polar surface area (TPSA) is 74.2 Å². The normalized spacial score (nSPS) is 22.7. The lowest BCUT2D eigenvalue weighted by Gasteiger charge is -2.29. The Balaban J connectivity index is 2.37. The number of nitrogens with one attached hydrogen (secondary N) is 2. The van der Waals surface area contributed by atoms with Crippen LogP contribution in [0.1, 0.15) is 11.6 Å². The lowest BCUT2D eigenvalue weighted by Crippen LogP contribution is -2.53. The fraction of sp³-hybridized carbons (Fsp3) is 0.250. The van der Waals surface area contributed by atoms with Crippen LogP contribution in [0.2, 0.25) is 0 Å². The van der Waals surface area contributed by atoms with Gasteiger partial charge in [-0.2, -0.15) is 5.26 Å². The lowest BCUT2D eigenvalue weighted by atomic mass is 9.92. The van der Waals surface area contributed by atoms with E-state index in [9.17, 15) is 4.79 Å². The summed E-state index contributed by atoms with van der Waals surface area (Å²) in [6.07, 6.45) is 0. The fourth-order valence-electron chi connectivity index (χ4n) is 1.85. The van der Waals surface area contributed by atoms with E-state index >= 15 is 0 Å². The van der Waals surface area contributed by atoms with E-state index in [0.717, 1.165) is 5.56 Å². The summed E-state index contributed by atoms with van der Waals surface area (Å²) in [5.41, 5.74) is 0.790. The van der Waals surface area contributed by atoms with Gasteiger partial charge < -0.3 is 15.4 Å². The molecule has 1 fully saturated rings. The maximum absolute atomic E-state index is 11.7. The average Bonchev–Trinajstić information content (AvgIpc) is 2.38. The summed E-state index contributed by atoms with van der Waals surface area (Å²) in [4.78, 5) is 11.7. The van der Waals surface area contributed by atoms with Crippen molar-refractivity contribution in [3.8, 4) is 11.8 Å². The van der Waals surface area contributed by atoms with Crippen molar-refractivity contribution in [3.63, 3.8) is 0 Å². The van der Waals surface area contributed by atoms with Gasteiger partial charge in [-0.25, -0.2) is 0 Å². The van der Waals surface area contributed by atoms with E-state index in [2.05, 4.69) is 10.6 Å². The molecule has 0 bridgehead atoms. The molecular formula is C12H11N3O2S. The van der Waals surface area contributed by atoms with Crippen LogP contribution in [0.3, 0.4) is 0 Å². The van der Waals surface area contributed by atoms with Gasteiger partial charge in [-0.15, -0.1) is 0 Å². The van der Waals surface area contributed by atoms with Gasteiger partial charge in [0.15, 0.2) is 5.11 Å². The molecule has 2 N–H and O–H groups in total. The molecule has 1 heterocycles. The number of benzene rings is 1. The molecule has 5 nitrogen and oxygen atoms in total. The smallest absolute Gasteiger partial charge is 0.245 e. The minimum Gasteiger partial charge on any atom is -0.497 e. The van der Waals surface area contributed by atoms with E-state index in [1.54, 1.807) is 25.3 Å². The summed E-state index contributed by atoms with van der Waals surface area (Å²) in [6, 6.07) is 8.74. The number of carbonyl (C=O) groups is 1. The van der Waals surface area contributed by atoms with Crippen LogP contribution in [0.25, 0.3) is 0 Å². The standard InChI is InChI=1S/C12H11N3O2S/c1-17-8-4-2-3-7(5-8)10-9(6-13)11(16)15-12(18)14-10/h2-5,9-10H,1H3,(H2,14,15,16,18)/t9-,10+/m0/s1. The monoisotopic (exact) mass is 261 g/mol. The molecule has 6 heteroatoms. The molecule has 1 aromatic rings. The molecule has 1 aliphatic heterocycles. The Morgan fingerprint density at radius 1 is 1.50 bits per heavy atom. The zero-order valence-electron chi connectivity index (χ0n) is 9.64. The van der Waals surface area contributed by atoms with Crippen molar-refractivity contribution in [1.82, 2.24) is 10.6 Å². The molecule has 0 aromatic heterocycles. The second-order valence-electron chi connectivity index (χ2n) is 3.82. The highest BCUT2D eigenvalue weighted by Gasteiger charge is 2.35. The summed E-state index contributed by atoms with van der Waals surface area (Å²) in [7, 11) is 1.56. The Morgan fingerprint density at radius 3 is 2.94 bits per heavy atom. The van der Waals surface area contributed by atoms with Crippen molar-refractivity contribution >= 4 is 23.2 Å². The number of amides is 1. The molecule has 18 heavy (non-hydrogen) atoms. The number of ether oxygens (including phenoxy) is 1. The Hall–Kier alpha value is -2.13. The van der Waals surface area contributed by atoms with E-state index in [0.29, 0.717) is 5.75 Å². The largest absolute Gasteiger partial charge is 0.497 e. The molecule has 92 valence electrons. The minimum absolute atomic E-state index is 0.235. The predicted molar refractivity (Wildman–Crippen MR) is 68.7 cm³/mol. The van der Waals surface area contributed by atoms with Crippen LogP contribution in [-0.4, -0.2) is 18.1 Å². The first-order chi connectivity index (χ1) is 8.65. The van der Waals surface area contributed by atoms with E-state index in [1.165, 1.54) is 0 Å². The summed E-state index contributed by atoms with van der Waals surface area (Å²) in [5.74, 6) is -0.527. The SMILES string of the molecule is COc1cccc([C@H]2NC(=S)NC(=O)[C@H]2C#N)c1. The maximum Gasteiger partial charge on any atom is 0.245 e. The number of rotatable bonds is 2. The number of nitrogens with zero attached hydrogens (tertiary/aromatic N) is 1. The lowest BCUT2D eigenvalue weighted by molar-refractivity contribution is -0.123. The summed E-state index contributed by atoms with van der Waals surface area (Å²) >= 11 is 4.94. The zero-order valence-corrected chi connectivity index (χ0v) is 10.5. The molecule has 0 unspecified atom stereocenters. The number of carbonyl (C=O) groups excluding carboxylic acids is 1. The minimum atomic E-state index is -0.816. The zero-order chi connectivity index (χ0) is 13.1. The summed E-state index contributed by atoms with van der Waals surface area (Å²) in [5, 5.41) is 14.7. The highest BCUT2D eigenvalue weighted by Crippen LogP contribution is 2.27. The Kier molecular flexibility index (Phi) is 3.44. The van der Waals surface area contributed by atoms with Gasteiger partial charge in [0, 0.05) is 0 Å². The second-order valence-corrected chi connectivity index (χ2v) is 4.23. The molecule has 1 amide bonds. The van der Waals surface area contributed by atoms with Crippen LogP contribution < -0.4 is 15.4 Å². The predicted octanol–water partition coefficient (Wildman–Crippen LogP) is 0.880. The Morgan fingerprint density at radius 2 is 2.28 bits per heavy atom. The first kappa shape index (κ1) is 12.3. The van der Waals surface area contributed by atoms with Gasteiger partial charge in [0.2, 0.25) is 5.91 Å². The second kappa shape index (κ2) is 5.02. The van der Waals surface area contributed by atoms with Crippen molar-refractivity contribution < 1.29 is 9.53 Å². The Labute approximate surface area is 110 Å². The van der Waals surface area contributed by atoms with E-state index in [4.69, 9.17) is 22.2 Å². The van der Waals surface area contributed by atoms with Crippen molar-refractivity contribution in [2.45, 2.75) is 6.04 Å². The molecule has 1 aromatic carbocycles. The third-order valence-electron chi connectivity index (χ3n) is 2.73. The van der Waals surface area contributed by atoms with Crippen molar-refractivity contribution in [3.05, 3.63) is 29.8 Å². The van der Waals surface area contributed by atoms with Crippen molar-refractivity contribution in [1.29, 1.82) is 5.26 Å². The van der Waals surface area contributed by atoms with Crippen molar-refractivity contribution in [2.75, 3.05) is 7.11 Å². The van der Waals surface area contributed by atoms with E-state index in [-0.39, 0.29) is 11.0 Å². The molecule has 2 atom stereocenters. The van der Waals surface area contributed by atoms with Crippen molar-refractivity contribution in [2.24, 2.45) is 5.92 Å². The number of hydrogen-bond acceptors (Lipinski definition) is 4. The van der Waals surface area contributed by atoms with Gasteiger partial charge in [-0.3, -0.25) is 4.79 Å². The van der Waals surface area contributed by atoms with Crippen LogP contribution in [0.15, 0.2) is 24.3 Å². The quantitative estimate of drug-likeness (QED) is 0.773. The van der Waals surface area contributed by atoms with Gasteiger partial charge in [0.05, 0.1) is 19.2 Å². The molecule has 0 spiro atoms. The highest BCUT2D eigenvalue weighted by molar-refractivity contribution is 7.80. The Bertz CT molecular complexity index is 538. The van der Waals surface area contributed by atoms with Gasteiger partial charge in [0.25, 0.3) is 0 Å². The molecule has 0 radical (unpaired) electrons. The number of nitriles is 1. The molecule has 0 aliphatic carbocycles. The van der Waals surface area contributed by atoms with Crippen LogP contribution in [0, 0.1) is 17.2 Å². The maximum atomic E-state index is 11.7. The van der Waals surface area contributed by atoms with Gasteiger partial charge >= 0.3 is 0 Å². The third-order valence-corrected chi connectivity index (χ3v) is 2.95. The third kappa shape index (κ3) is 2.26. The van der Waals surface area contributed by atoms with Crippen LogP contribution in [0.5, 0.6) is 5.75 Å². The van der Waals surface area contributed by atoms with Gasteiger partial charge in [0.1, 0.15) is 11.7 Å². The fourth-order valence-corrected chi connectivity index (χ4v) is 2.07. The summed E-state index contributed by atoms with van der Waals surface area (Å²) in [6.45, 7) is 0. The average molecular weight is 261 g/mol. The number of methoxy groups -OCH3 is 1. The molecule has 1 aliphatic rings. The van der Waals surface area contributed by atoms with E-state index < -0.39 is 12.0 Å². The van der Waals surface area contributed by atoms with Gasteiger partial charge in [-0.1, -0.05) is 12.1 Å². The molecule has 1 saturated heterocycles. The molecule has 2 rings (SSSR count). The number of hydrogen-bond donors (Lipinski definition) is 2. The van der Waals surface area contributed by atoms with Crippen LogP contribution >= 0.6 is 12.2 Å². The molecule has 0 saturated carbocycles. The number of thiocarbonyl (C=S) groups is 1. The van der Waals surface area contributed by atoms with Crippen LogP contribution in [0.4, 0.5) is 0 Å². The molecular weight excluding hydrogens is 250 g/mol. The van der Waals surface area contributed by atoms with Crippen LogP contribution in [-0.2, 0) is 4.79 Å². The van der Waals surface area contributed by atoms with Gasteiger partial charge in [-0.05, 0) is 29.9 Å².